The number of nitrogens with one attached hydrogen (secondary N) is 1. The quantitative estimate of drug-likeness (QED) is 0.484. The number of nitrogens with zero attached hydrogens (tertiary/aromatic N) is 3. The summed E-state index contributed by atoms with van der Waals surface area (Å²) in [5.41, 5.74) is 4.33. The lowest BCUT2D eigenvalue weighted by Crippen LogP contribution is -2.04. The first kappa shape index (κ1) is 16.3. The van der Waals surface area contributed by atoms with E-state index >= 15 is 0 Å². The maximum Gasteiger partial charge on any atom is 0.150 e. The summed E-state index contributed by atoms with van der Waals surface area (Å²) in [6.45, 7) is 3.10. The van der Waals surface area contributed by atoms with Gasteiger partial charge in [0, 0.05) is 24.0 Å². The van der Waals surface area contributed by atoms with Crippen LogP contribution in [0.4, 0.5) is 5.82 Å². The highest BCUT2D eigenvalue weighted by atomic mass is 15.1. The van der Waals surface area contributed by atoms with Crippen LogP contribution in [0.25, 0.3) is 27.8 Å². The van der Waals surface area contributed by atoms with Crippen molar-refractivity contribution < 1.29 is 0 Å². The summed E-state index contributed by atoms with van der Waals surface area (Å²) in [4.78, 5) is 9.14. The van der Waals surface area contributed by atoms with Gasteiger partial charge in [-0.1, -0.05) is 61.9 Å². The molecule has 0 saturated carbocycles. The summed E-state index contributed by atoms with van der Waals surface area (Å²) >= 11 is 0. The second-order valence-electron chi connectivity index (χ2n) is 6.32. The van der Waals surface area contributed by atoms with Crippen LogP contribution >= 0.6 is 0 Å². The van der Waals surface area contributed by atoms with E-state index in [2.05, 4.69) is 69.4 Å². The molecule has 0 aliphatic heterocycles. The second kappa shape index (κ2) is 7.40. The predicted molar refractivity (Wildman–Crippen MR) is 108 cm³/mol. The molecule has 4 nitrogen and oxygen atoms in total. The van der Waals surface area contributed by atoms with E-state index in [1.807, 2.05) is 24.3 Å². The highest BCUT2D eigenvalue weighted by Gasteiger charge is 2.16. The van der Waals surface area contributed by atoms with E-state index in [0.29, 0.717) is 0 Å². The molecule has 0 aliphatic rings. The molecule has 130 valence electrons. The van der Waals surface area contributed by atoms with Gasteiger partial charge in [-0.25, -0.2) is 9.97 Å². The summed E-state index contributed by atoms with van der Waals surface area (Å²) in [5.74, 6) is 0.900. The maximum absolute atomic E-state index is 4.60. The number of rotatable bonds is 6. The molecule has 2 aromatic heterocycles. The van der Waals surface area contributed by atoms with Crippen molar-refractivity contribution in [1.82, 2.24) is 14.5 Å². The van der Waals surface area contributed by atoms with Crippen LogP contribution in [-0.4, -0.2) is 21.1 Å². The standard InChI is InChI=1S/C22H22N4/c1-2-3-14-23-21-20-19(17-10-6-4-7-11-17)15-26(22(20)25-16-24-21)18-12-8-5-9-13-18/h4-13,15-16H,2-3,14H2,1H3,(H,23,24,25). The third-order valence-electron chi connectivity index (χ3n) is 4.52. The molecule has 4 heteroatoms. The van der Waals surface area contributed by atoms with Crippen LogP contribution in [0.3, 0.4) is 0 Å². The Kier molecular flexibility index (Phi) is 4.65. The van der Waals surface area contributed by atoms with Gasteiger partial charge in [0.1, 0.15) is 12.1 Å². The molecule has 1 N–H and O–H groups in total. The monoisotopic (exact) mass is 342 g/mol. The molecule has 0 unspecified atom stereocenters. The molecule has 26 heavy (non-hydrogen) atoms. The van der Waals surface area contributed by atoms with Gasteiger partial charge in [-0.3, -0.25) is 0 Å². The number of anilines is 1. The van der Waals surface area contributed by atoms with Crippen LogP contribution in [0, 0.1) is 0 Å². The number of hydrogen-bond donors (Lipinski definition) is 1. The Bertz CT molecular complexity index is 991. The molecule has 0 fully saturated rings. The Balaban J connectivity index is 1.93. The topological polar surface area (TPSA) is 42.7 Å². The largest absolute Gasteiger partial charge is 0.369 e. The van der Waals surface area contributed by atoms with E-state index in [1.54, 1.807) is 6.33 Å². The van der Waals surface area contributed by atoms with Crippen LogP contribution in [-0.2, 0) is 0 Å². The van der Waals surface area contributed by atoms with Crippen molar-refractivity contribution in [2.24, 2.45) is 0 Å². The van der Waals surface area contributed by atoms with Gasteiger partial charge in [0.05, 0.1) is 5.39 Å². The van der Waals surface area contributed by atoms with E-state index in [4.69, 9.17) is 0 Å². The zero-order chi connectivity index (χ0) is 17.8. The molecule has 0 spiro atoms. The molecule has 0 bridgehead atoms. The van der Waals surface area contributed by atoms with Gasteiger partial charge >= 0.3 is 0 Å². The van der Waals surface area contributed by atoms with Crippen LogP contribution in [0.15, 0.2) is 73.2 Å². The molecule has 0 radical (unpaired) electrons. The normalized spacial score (nSPS) is 11.0. The van der Waals surface area contributed by atoms with E-state index in [0.717, 1.165) is 47.5 Å². The van der Waals surface area contributed by atoms with Crippen molar-refractivity contribution in [1.29, 1.82) is 0 Å². The van der Waals surface area contributed by atoms with Gasteiger partial charge in [-0.15, -0.1) is 0 Å². The smallest absolute Gasteiger partial charge is 0.150 e. The average molecular weight is 342 g/mol. The van der Waals surface area contributed by atoms with Crippen LogP contribution in [0.1, 0.15) is 19.8 Å². The van der Waals surface area contributed by atoms with Gasteiger partial charge in [-0.2, -0.15) is 0 Å². The van der Waals surface area contributed by atoms with Crippen molar-refractivity contribution in [3.63, 3.8) is 0 Å². The van der Waals surface area contributed by atoms with Crippen LogP contribution in [0.2, 0.25) is 0 Å². The minimum absolute atomic E-state index is 0.900. The van der Waals surface area contributed by atoms with Crippen molar-refractivity contribution in [2.45, 2.75) is 19.8 Å². The van der Waals surface area contributed by atoms with Crippen molar-refractivity contribution in [2.75, 3.05) is 11.9 Å². The van der Waals surface area contributed by atoms with Crippen molar-refractivity contribution in [3.8, 4) is 16.8 Å². The summed E-state index contributed by atoms with van der Waals surface area (Å²) in [6, 6.07) is 20.7. The summed E-state index contributed by atoms with van der Waals surface area (Å²) in [6.07, 6.45) is 6.07. The zero-order valence-electron chi connectivity index (χ0n) is 14.9. The van der Waals surface area contributed by atoms with Gasteiger partial charge in [0.2, 0.25) is 0 Å². The molecular formula is C22H22N4. The number of aromatic nitrogens is 3. The Morgan fingerprint density at radius 2 is 1.65 bits per heavy atom. The molecule has 0 aliphatic carbocycles. The number of fused-ring (bicyclic) bond motifs is 1. The highest BCUT2D eigenvalue weighted by Crippen LogP contribution is 2.35. The summed E-state index contributed by atoms with van der Waals surface area (Å²) in [5, 5.41) is 4.57. The van der Waals surface area contributed by atoms with Crippen LogP contribution in [0.5, 0.6) is 0 Å². The fraction of sp³-hybridized carbons (Fsp3) is 0.182. The Hall–Kier alpha value is -3.14. The third-order valence-corrected chi connectivity index (χ3v) is 4.52. The van der Waals surface area contributed by atoms with E-state index < -0.39 is 0 Å². The summed E-state index contributed by atoms with van der Waals surface area (Å²) < 4.78 is 2.14. The lowest BCUT2D eigenvalue weighted by atomic mass is 10.1. The number of benzene rings is 2. The van der Waals surface area contributed by atoms with Crippen molar-refractivity contribution in [3.05, 3.63) is 73.2 Å². The molecule has 4 rings (SSSR count). The lowest BCUT2D eigenvalue weighted by Gasteiger charge is -2.08. The molecular weight excluding hydrogens is 320 g/mol. The van der Waals surface area contributed by atoms with E-state index in [1.165, 1.54) is 5.56 Å². The minimum Gasteiger partial charge on any atom is -0.369 e. The first-order chi connectivity index (χ1) is 12.9. The fourth-order valence-corrected chi connectivity index (χ4v) is 3.20. The van der Waals surface area contributed by atoms with Crippen molar-refractivity contribution >= 4 is 16.9 Å². The van der Waals surface area contributed by atoms with E-state index in [-0.39, 0.29) is 0 Å². The predicted octanol–water partition coefficient (Wildman–Crippen LogP) is 5.30. The molecule has 2 aromatic carbocycles. The Morgan fingerprint density at radius 3 is 2.38 bits per heavy atom. The van der Waals surface area contributed by atoms with Gasteiger partial charge in [0.15, 0.2) is 5.65 Å². The molecule has 4 aromatic rings. The lowest BCUT2D eigenvalue weighted by molar-refractivity contribution is 0.831. The van der Waals surface area contributed by atoms with Gasteiger partial charge < -0.3 is 9.88 Å². The minimum atomic E-state index is 0.900. The molecule has 0 saturated heterocycles. The molecule has 2 heterocycles. The molecule has 0 amide bonds. The second-order valence-corrected chi connectivity index (χ2v) is 6.32. The summed E-state index contributed by atoms with van der Waals surface area (Å²) in [7, 11) is 0. The SMILES string of the molecule is CCCCNc1ncnc2c1c(-c1ccccc1)cn2-c1ccccc1. The molecule has 0 atom stereocenters. The Labute approximate surface area is 153 Å². The number of para-hydroxylation sites is 1. The number of hydrogen-bond acceptors (Lipinski definition) is 3. The highest BCUT2D eigenvalue weighted by molar-refractivity contribution is 6.02. The third kappa shape index (κ3) is 3.06. The Morgan fingerprint density at radius 1 is 0.923 bits per heavy atom. The average Bonchev–Trinajstić information content (AvgIpc) is 3.10. The van der Waals surface area contributed by atoms with E-state index in [9.17, 15) is 0 Å². The fourth-order valence-electron chi connectivity index (χ4n) is 3.20. The van der Waals surface area contributed by atoms with Gasteiger partial charge in [0.25, 0.3) is 0 Å². The first-order valence-corrected chi connectivity index (χ1v) is 9.09. The maximum atomic E-state index is 4.60. The first-order valence-electron chi connectivity index (χ1n) is 9.09. The zero-order valence-corrected chi connectivity index (χ0v) is 14.9. The van der Waals surface area contributed by atoms with Gasteiger partial charge in [-0.05, 0) is 24.1 Å². The number of unbranched alkanes of at least 4 members (excludes halogenated alkanes) is 1. The van der Waals surface area contributed by atoms with Crippen LogP contribution < -0.4 is 5.32 Å².